The van der Waals surface area contributed by atoms with E-state index < -0.39 is 11.9 Å². The third-order valence-corrected chi connectivity index (χ3v) is 6.38. The number of halogens is 1. The molecule has 7 nitrogen and oxygen atoms in total. The van der Waals surface area contributed by atoms with Crippen molar-refractivity contribution >= 4 is 23.4 Å². The predicted molar refractivity (Wildman–Crippen MR) is 135 cm³/mol. The fourth-order valence-electron chi connectivity index (χ4n) is 4.15. The van der Waals surface area contributed by atoms with Gasteiger partial charge >= 0.3 is 0 Å². The van der Waals surface area contributed by atoms with E-state index in [0.29, 0.717) is 18.7 Å². The van der Waals surface area contributed by atoms with Crippen LogP contribution < -0.4 is 10.6 Å². The minimum Gasteiger partial charge on any atom is -0.344 e. The smallest absolute Gasteiger partial charge is 0.245 e. The molecule has 2 N–H and O–H groups in total. The molecule has 1 heterocycles. The molecule has 0 bridgehead atoms. The van der Waals surface area contributed by atoms with Crippen LogP contribution in [0.2, 0.25) is 0 Å². The fraction of sp³-hybridized carbons (Fsp3) is 0.444. The topological polar surface area (TPSA) is 81.8 Å². The molecule has 8 heteroatoms. The Morgan fingerprint density at radius 2 is 1.69 bits per heavy atom. The number of nitrogens with one attached hydrogen (secondary N) is 2. The Bertz CT molecular complexity index is 1020. The van der Waals surface area contributed by atoms with Gasteiger partial charge in [-0.05, 0) is 36.2 Å². The fourth-order valence-corrected chi connectivity index (χ4v) is 4.15. The highest BCUT2D eigenvalue weighted by Crippen LogP contribution is 2.22. The van der Waals surface area contributed by atoms with Crippen LogP contribution in [-0.2, 0) is 20.8 Å². The molecule has 1 aliphatic rings. The van der Waals surface area contributed by atoms with Gasteiger partial charge in [0, 0.05) is 45.4 Å². The minimum absolute atomic E-state index is 0.00190. The standard InChI is InChI=1S/C27H35FN4O3/c1-4-25(33)30-24(27(35)32-14-12-31(3)13-15-32)18-20-10-11-23(22(28)17-20)29-26(34)16-19(2)21-8-6-5-7-9-21/h5-11,17,19,24H,4,12-16,18H2,1-3H3,(H,29,34)(H,30,33)/t19-,24+/m0/s1. The average Bonchev–Trinajstić information content (AvgIpc) is 2.85. The van der Waals surface area contributed by atoms with E-state index in [9.17, 15) is 18.8 Å². The molecule has 0 saturated carbocycles. The van der Waals surface area contributed by atoms with Crippen LogP contribution in [0.1, 0.15) is 43.7 Å². The molecular formula is C27H35FN4O3. The first kappa shape index (κ1) is 26.3. The number of hydrogen-bond acceptors (Lipinski definition) is 4. The van der Waals surface area contributed by atoms with Gasteiger partial charge in [0.25, 0.3) is 0 Å². The lowest BCUT2D eigenvalue weighted by Crippen LogP contribution is -2.54. The van der Waals surface area contributed by atoms with Crippen molar-refractivity contribution < 1.29 is 18.8 Å². The predicted octanol–water partition coefficient (Wildman–Crippen LogP) is 3.17. The average molecular weight is 483 g/mol. The van der Waals surface area contributed by atoms with Crippen molar-refractivity contribution in [3.05, 3.63) is 65.5 Å². The summed E-state index contributed by atoms with van der Waals surface area (Å²) in [5.41, 5.74) is 1.71. The van der Waals surface area contributed by atoms with Crippen LogP contribution in [0.4, 0.5) is 10.1 Å². The normalized spacial score (nSPS) is 15.8. The number of anilines is 1. The third-order valence-electron chi connectivity index (χ3n) is 6.38. The molecule has 1 aliphatic heterocycles. The van der Waals surface area contributed by atoms with E-state index in [2.05, 4.69) is 15.5 Å². The lowest BCUT2D eigenvalue weighted by Gasteiger charge is -2.34. The van der Waals surface area contributed by atoms with E-state index in [-0.39, 0.29) is 48.6 Å². The molecule has 2 atom stereocenters. The molecule has 0 unspecified atom stereocenters. The van der Waals surface area contributed by atoms with Crippen molar-refractivity contribution in [1.29, 1.82) is 0 Å². The molecule has 2 aromatic carbocycles. The first-order valence-corrected chi connectivity index (χ1v) is 12.2. The molecule has 1 saturated heterocycles. The van der Waals surface area contributed by atoms with Gasteiger partial charge in [0.15, 0.2) is 0 Å². The van der Waals surface area contributed by atoms with Crippen molar-refractivity contribution in [2.24, 2.45) is 0 Å². The summed E-state index contributed by atoms with van der Waals surface area (Å²) in [5, 5.41) is 5.44. The lowest BCUT2D eigenvalue weighted by atomic mass is 9.97. The van der Waals surface area contributed by atoms with Gasteiger partial charge in [-0.3, -0.25) is 14.4 Å². The Labute approximate surface area is 206 Å². The zero-order chi connectivity index (χ0) is 25.4. The van der Waals surface area contributed by atoms with Crippen LogP contribution in [0, 0.1) is 5.82 Å². The van der Waals surface area contributed by atoms with Gasteiger partial charge < -0.3 is 20.4 Å². The summed E-state index contributed by atoms with van der Waals surface area (Å²) in [4.78, 5) is 41.6. The van der Waals surface area contributed by atoms with Gasteiger partial charge in [0.05, 0.1) is 5.69 Å². The summed E-state index contributed by atoms with van der Waals surface area (Å²) in [7, 11) is 2.00. The van der Waals surface area contributed by atoms with E-state index in [1.54, 1.807) is 17.9 Å². The summed E-state index contributed by atoms with van der Waals surface area (Å²) in [6.45, 7) is 6.40. The molecule has 188 valence electrons. The zero-order valence-electron chi connectivity index (χ0n) is 20.7. The van der Waals surface area contributed by atoms with E-state index in [0.717, 1.165) is 18.7 Å². The molecular weight excluding hydrogens is 447 g/mol. The van der Waals surface area contributed by atoms with Crippen LogP contribution in [-0.4, -0.2) is 66.8 Å². The summed E-state index contributed by atoms with van der Waals surface area (Å²) >= 11 is 0. The first-order valence-electron chi connectivity index (χ1n) is 12.2. The Morgan fingerprint density at radius 3 is 2.31 bits per heavy atom. The second-order valence-electron chi connectivity index (χ2n) is 9.18. The molecule has 35 heavy (non-hydrogen) atoms. The number of likely N-dealkylation sites (N-methyl/N-ethyl adjacent to an activating group) is 1. The zero-order valence-corrected chi connectivity index (χ0v) is 20.7. The second kappa shape index (κ2) is 12.4. The highest BCUT2D eigenvalue weighted by atomic mass is 19.1. The Hall–Kier alpha value is -3.26. The maximum atomic E-state index is 14.8. The van der Waals surface area contributed by atoms with Gasteiger partial charge in [-0.2, -0.15) is 0 Å². The Kier molecular flexibility index (Phi) is 9.37. The van der Waals surface area contributed by atoms with Gasteiger partial charge in [0.2, 0.25) is 17.7 Å². The van der Waals surface area contributed by atoms with Gasteiger partial charge in [0.1, 0.15) is 11.9 Å². The minimum atomic E-state index is -0.766. The molecule has 0 aliphatic carbocycles. The molecule has 2 aromatic rings. The number of benzene rings is 2. The monoisotopic (exact) mass is 482 g/mol. The van der Waals surface area contributed by atoms with E-state index in [1.165, 1.54) is 12.1 Å². The van der Waals surface area contributed by atoms with E-state index in [1.807, 2.05) is 44.3 Å². The lowest BCUT2D eigenvalue weighted by molar-refractivity contribution is -0.137. The molecule has 0 spiro atoms. The van der Waals surface area contributed by atoms with Crippen LogP contribution in [0.25, 0.3) is 0 Å². The van der Waals surface area contributed by atoms with Crippen LogP contribution in [0.5, 0.6) is 0 Å². The molecule has 3 rings (SSSR count). The number of amides is 3. The van der Waals surface area contributed by atoms with Crippen LogP contribution in [0.3, 0.4) is 0 Å². The number of carbonyl (C=O) groups is 3. The maximum absolute atomic E-state index is 14.8. The molecule has 0 aromatic heterocycles. The van der Waals surface area contributed by atoms with Crippen LogP contribution >= 0.6 is 0 Å². The summed E-state index contributed by atoms with van der Waals surface area (Å²) in [6.07, 6.45) is 0.663. The largest absolute Gasteiger partial charge is 0.344 e. The summed E-state index contributed by atoms with van der Waals surface area (Å²) in [5.74, 6) is -1.23. The van der Waals surface area contributed by atoms with Crippen LogP contribution in [0.15, 0.2) is 48.5 Å². The molecule has 3 amide bonds. The summed E-state index contributed by atoms with van der Waals surface area (Å²) in [6, 6.07) is 13.4. The molecule has 0 radical (unpaired) electrons. The third kappa shape index (κ3) is 7.62. The summed E-state index contributed by atoms with van der Waals surface area (Å²) < 4.78 is 14.8. The SMILES string of the molecule is CCC(=O)N[C@H](Cc1ccc(NC(=O)C[C@H](C)c2ccccc2)c(F)c1)C(=O)N1CCN(C)CC1. The van der Waals surface area contributed by atoms with E-state index in [4.69, 9.17) is 0 Å². The number of nitrogens with zero attached hydrogens (tertiary/aromatic N) is 2. The van der Waals surface area contributed by atoms with Gasteiger partial charge in [-0.25, -0.2) is 4.39 Å². The number of piperazine rings is 1. The highest BCUT2D eigenvalue weighted by Gasteiger charge is 2.28. The number of rotatable bonds is 9. The van der Waals surface area contributed by atoms with E-state index >= 15 is 0 Å². The van der Waals surface area contributed by atoms with Crippen molar-refractivity contribution in [2.45, 2.75) is 45.1 Å². The number of hydrogen-bond donors (Lipinski definition) is 2. The quantitative estimate of drug-likeness (QED) is 0.575. The maximum Gasteiger partial charge on any atom is 0.245 e. The van der Waals surface area contributed by atoms with Crippen molar-refractivity contribution in [2.75, 3.05) is 38.5 Å². The Balaban J connectivity index is 1.64. The van der Waals surface area contributed by atoms with Crippen molar-refractivity contribution in [3.8, 4) is 0 Å². The Morgan fingerprint density at radius 1 is 1.00 bits per heavy atom. The van der Waals surface area contributed by atoms with Crippen molar-refractivity contribution in [1.82, 2.24) is 15.1 Å². The van der Waals surface area contributed by atoms with Gasteiger partial charge in [-0.1, -0.05) is 50.2 Å². The van der Waals surface area contributed by atoms with Crippen molar-refractivity contribution in [3.63, 3.8) is 0 Å². The number of carbonyl (C=O) groups excluding carboxylic acids is 3. The second-order valence-corrected chi connectivity index (χ2v) is 9.18. The first-order chi connectivity index (χ1) is 16.8. The molecule has 1 fully saturated rings. The van der Waals surface area contributed by atoms with Gasteiger partial charge in [-0.15, -0.1) is 0 Å². The highest BCUT2D eigenvalue weighted by molar-refractivity contribution is 5.91.